The van der Waals surface area contributed by atoms with Crippen molar-refractivity contribution in [3.8, 4) is 0 Å². The van der Waals surface area contributed by atoms with E-state index in [2.05, 4.69) is 25.5 Å². The Bertz CT molecular complexity index is 1400. The number of nitrogens with zero attached hydrogens (tertiary/aromatic N) is 5. The molecule has 0 atom stereocenters. The molecule has 0 unspecified atom stereocenters. The minimum atomic E-state index is -0.372. The Hall–Kier alpha value is -3.64. The largest absolute Gasteiger partial charge is 0.354 e. The number of imidazole rings is 1. The van der Waals surface area contributed by atoms with Crippen LogP contribution in [0.5, 0.6) is 0 Å². The van der Waals surface area contributed by atoms with Crippen molar-refractivity contribution in [3.63, 3.8) is 0 Å². The van der Waals surface area contributed by atoms with Crippen LogP contribution in [0, 0.1) is 0 Å². The molecule has 10 nitrogen and oxygen atoms in total. The Kier molecular flexibility index (Phi) is 5.84. The number of benzene rings is 1. The van der Waals surface area contributed by atoms with Gasteiger partial charge in [0, 0.05) is 25.5 Å². The lowest BCUT2D eigenvalue weighted by Crippen LogP contribution is -2.37. The summed E-state index contributed by atoms with van der Waals surface area (Å²) in [5, 5.41) is 10.1. The molecular formula is C21H17N7O3S2. The number of carbonyl (C=O) groups excluding carboxylic acids is 3. The molecule has 1 fully saturated rings. The van der Waals surface area contributed by atoms with E-state index in [9.17, 15) is 14.4 Å². The molecule has 1 aromatic carbocycles. The topological polar surface area (TPSA) is 125 Å². The van der Waals surface area contributed by atoms with Gasteiger partial charge in [0.15, 0.2) is 5.16 Å². The first-order valence-corrected chi connectivity index (χ1v) is 11.8. The van der Waals surface area contributed by atoms with Crippen molar-refractivity contribution >= 4 is 63.5 Å². The summed E-state index contributed by atoms with van der Waals surface area (Å²) < 4.78 is 1.86. The molecular weight excluding hydrogens is 462 g/mol. The molecule has 1 aliphatic heterocycles. The third-order valence-electron chi connectivity index (χ3n) is 4.85. The molecule has 4 aromatic rings. The van der Waals surface area contributed by atoms with Crippen LogP contribution in [0.15, 0.2) is 58.9 Å². The molecule has 2 N–H and O–H groups in total. The molecule has 4 heterocycles. The molecule has 0 bridgehead atoms. The quantitative estimate of drug-likeness (QED) is 0.306. The van der Waals surface area contributed by atoms with Gasteiger partial charge in [-0.2, -0.15) is 0 Å². The second kappa shape index (κ2) is 9.08. The number of carbonyl (C=O) groups is 3. The van der Waals surface area contributed by atoms with Gasteiger partial charge in [-0.3, -0.25) is 28.7 Å². The van der Waals surface area contributed by atoms with Gasteiger partial charge in [0.1, 0.15) is 0 Å². The standard InChI is InChI=1S/C21H17N7O3S2/c29-17(12-32-20-26-25-19-24-14-5-1-2-6-15(14)28(19)20)23-8-9-27-18(30)16(33-21(27)31)10-13-4-3-7-22-11-13/h1-7,10-11H,8-9,12H2,(H,23,29)(H,24,25)/b16-10+. The maximum Gasteiger partial charge on any atom is 0.293 e. The fourth-order valence-electron chi connectivity index (χ4n) is 3.33. The Labute approximate surface area is 195 Å². The molecule has 0 saturated carbocycles. The highest BCUT2D eigenvalue weighted by atomic mass is 32.2. The van der Waals surface area contributed by atoms with E-state index < -0.39 is 0 Å². The van der Waals surface area contributed by atoms with E-state index in [1.165, 1.54) is 11.8 Å². The lowest BCUT2D eigenvalue weighted by molar-refractivity contribution is -0.123. The lowest BCUT2D eigenvalue weighted by atomic mass is 10.2. The number of fused-ring (bicyclic) bond motifs is 3. The van der Waals surface area contributed by atoms with Gasteiger partial charge in [-0.15, -0.1) is 5.10 Å². The van der Waals surface area contributed by atoms with Crippen molar-refractivity contribution in [2.75, 3.05) is 18.8 Å². The Morgan fingerprint density at radius 2 is 2.09 bits per heavy atom. The Morgan fingerprint density at radius 1 is 1.21 bits per heavy atom. The lowest BCUT2D eigenvalue weighted by Gasteiger charge is -2.12. The number of aromatic nitrogens is 5. The van der Waals surface area contributed by atoms with Crippen molar-refractivity contribution in [2.24, 2.45) is 0 Å². The Balaban J connectivity index is 1.15. The van der Waals surface area contributed by atoms with E-state index in [-0.39, 0.29) is 35.9 Å². The first kappa shape index (κ1) is 21.2. The van der Waals surface area contributed by atoms with Crippen molar-refractivity contribution in [2.45, 2.75) is 5.16 Å². The third kappa shape index (κ3) is 4.34. The number of amides is 3. The fraction of sp³-hybridized carbons (Fsp3) is 0.143. The maximum absolute atomic E-state index is 12.5. The van der Waals surface area contributed by atoms with Gasteiger partial charge in [0.25, 0.3) is 11.1 Å². The second-order valence-corrected chi connectivity index (χ2v) is 8.96. The van der Waals surface area contributed by atoms with Crippen LogP contribution in [0.1, 0.15) is 5.56 Å². The molecule has 5 rings (SSSR count). The Morgan fingerprint density at radius 3 is 2.94 bits per heavy atom. The number of hydrogen-bond acceptors (Lipinski definition) is 8. The van der Waals surface area contributed by atoms with Crippen LogP contribution in [0.25, 0.3) is 22.9 Å². The summed E-state index contributed by atoms with van der Waals surface area (Å²) in [6, 6.07) is 11.2. The number of nitrogens with one attached hydrogen (secondary N) is 2. The molecule has 166 valence electrons. The van der Waals surface area contributed by atoms with E-state index in [1.54, 1.807) is 30.6 Å². The monoisotopic (exact) mass is 479 g/mol. The van der Waals surface area contributed by atoms with Crippen LogP contribution in [0.3, 0.4) is 0 Å². The van der Waals surface area contributed by atoms with Crippen molar-refractivity contribution < 1.29 is 14.4 Å². The summed E-state index contributed by atoms with van der Waals surface area (Å²) >= 11 is 2.15. The molecule has 1 aliphatic rings. The summed E-state index contributed by atoms with van der Waals surface area (Å²) in [5.41, 5.74) is 2.49. The van der Waals surface area contributed by atoms with Gasteiger partial charge >= 0.3 is 0 Å². The zero-order valence-corrected chi connectivity index (χ0v) is 18.7. The van der Waals surface area contributed by atoms with Gasteiger partial charge in [0.05, 0.1) is 21.7 Å². The van der Waals surface area contributed by atoms with Gasteiger partial charge < -0.3 is 5.32 Å². The van der Waals surface area contributed by atoms with Crippen molar-refractivity contribution in [3.05, 3.63) is 59.3 Å². The summed E-state index contributed by atoms with van der Waals surface area (Å²) in [4.78, 5) is 47.0. The van der Waals surface area contributed by atoms with E-state index in [0.717, 1.165) is 33.3 Å². The van der Waals surface area contributed by atoms with Crippen LogP contribution >= 0.6 is 23.5 Å². The normalized spacial score (nSPS) is 15.3. The summed E-state index contributed by atoms with van der Waals surface area (Å²) in [6.07, 6.45) is 4.89. The molecule has 12 heteroatoms. The third-order valence-corrected chi connectivity index (χ3v) is 6.70. The van der Waals surface area contributed by atoms with E-state index in [4.69, 9.17) is 0 Å². The molecule has 0 aliphatic carbocycles. The van der Waals surface area contributed by atoms with E-state index >= 15 is 0 Å². The maximum atomic E-state index is 12.5. The number of rotatable bonds is 7. The first-order chi connectivity index (χ1) is 16.1. The number of H-pyrrole nitrogens is 1. The minimum absolute atomic E-state index is 0.101. The molecule has 33 heavy (non-hydrogen) atoms. The van der Waals surface area contributed by atoms with Gasteiger partial charge in [-0.05, 0) is 41.6 Å². The first-order valence-electron chi connectivity index (χ1n) is 9.96. The zero-order valence-electron chi connectivity index (χ0n) is 17.1. The zero-order chi connectivity index (χ0) is 22.8. The summed E-state index contributed by atoms with van der Waals surface area (Å²) in [6.45, 7) is 0.270. The highest BCUT2D eigenvalue weighted by molar-refractivity contribution is 8.18. The molecule has 1 saturated heterocycles. The average Bonchev–Trinajstić information content (AvgIpc) is 3.46. The van der Waals surface area contributed by atoms with E-state index in [0.29, 0.717) is 15.8 Å². The van der Waals surface area contributed by atoms with Gasteiger partial charge in [-0.25, -0.2) is 10.1 Å². The fourth-order valence-corrected chi connectivity index (χ4v) is 4.98. The van der Waals surface area contributed by atoms with Crippen molar-refractivity contribution in [1.29, 1.82) is 0 Å². The number of imide groups is 1. The van der Waals surface area contributed by atoms with Crippen LogP contribution in [0.2, 0.25) is 0 Å². The predicted octanol–water partition coefficient (Wildman–Crippen LogP) is 2.55. The van der Waals surface area contributed by atoms with Gasteiger partial charge in [-0.1, -0.05) is 30.0 Å². The van der Waals surface area contributed by atoms with Crippen molar-refractivity contribution in [1.82, 2.24) is 34.8 Å². The van der Waals surface area contributed by atoms with Gasteiger partial charge in [0.2, 0.25) is 11.7 Å². The SMILES string of the molecule is O=C(CSc1n[nH]c2nc3ccccc3n12)NCCN1C(=O)S/C(=C/c2cccnc2)C1=O. The number of hydrogen-bond donors (Lipinski definition) is 2. The predicted molar refractivity (Wildman–Crippen MR) is 125 cm³/mol. The molecule has 3 aromatic heterocycles. The highest BCUT2D eigenvalue weighted by Gasteiger charge is 2.34. The number of pyridine rings is 1. The second-order valence-electron chi connectivity index (χ2n) is 7.02. The average molecular weight is 480 g/mol. The number of aromatic amines is 1. The minimum Gasteiger partial charge on any atom is -0.354 e. The van der Waals surface area contributed by atoms with Crippen LogP contribution < -0.4 is 5.32 Å². The summed E-state index contributed by atoms with van der Waals surface area (Å²) in [7, 11) is 0. The van der Waals surface area contributed by atoms with Crippen LogP contribution in [0.4, 0.5) is 4.79 Å². The smallest absolute Gasteiger partial charge is 0.293 e. The molecule has 0 spiro atoms. The highest BCUT2D eigenvalue weighted by Crippen LogP contribution is 2.31. The van der Waals surface area contributed by atoms with Crippen LogP contribution in [-0.4, -0.2) is 65.4 Å². The van der Waals surface area contributed by atoms with Crippen LogP contribution in [-0.2, 0) is 9.59 Å². The van der Waals surface area contributed by atoms with E-state index in [1.807, 2.05) is 28.7 Å². The molecule has 3 amide bonds. The summed E-state index contributed by atoms with van der Waals surface area (Å²) in [5.74, 6) is 0.148. The molecule has 0 radical (unpaired) electrons. The number of thioether (sulfide) groups is 2. The number of para-hydroxylation sites is 2.